The van der Waals surface area contributed by atoms with E-state index in [1.54, 1.807) is 24.3 Å². The fraction of sp³-hybridized carbons (Fsp3) is 0.150. The van der Waals surface area contributed by atoms with Gasteiger partial charge in [0.1, 0.15) is 18.5 Å². The van der Waals surface area contributed by atoms with Crippen molar-refractivity contribution in [2.75, 3.05) is 12.4 Å². The largest absolute Gasteiger partial charge is 0.399 e. The van der Waals surface area contributed by atoms with Gasteiger partial charge < -0.3 is 10.2 Å². The van der Waals surface area contributed by atoms with Crippen molar-refractivity contribution in [3.05, 3.63) is 70.0 Å². The number of nitrogens with zero attached hydrogens (tertiary/aromatic N) is 3. The van der Waals surface area contributed by atoms with E-state index in [4.69, 9.17) is 11.6 Å². The Morgan fingerprint density at radius 3 is 2.55 bits per heavy atom. The third-order valence-corrected chi connectivity index (χ3v) is 4.42. The maximum absolute atomic E-state index is 14.7. The lowest BCUT2D eigenvalue weighted by molar-refractivity contribution is 0.102. The number of hydrogen-bond acceptors (Lipinski definition) is 4. The van der Waals surface area contributed by atoms with Crippen molar-refractivity contribution in [3.63, 3.8) is 0 Å². The first kappa shape index (κ1) is 20.5. The van der Waals surface area contributed by atoms with Crippen molar-refractivity contribution >= 4 is 29.4 Å². The molecule has 1 heterocycles. The first-order valence-electron chi connectivity index (χ1n) is 8.48. The standard InChI is InChI=1S/C20H17ClF2N4O2/c1-11-17(19(23)27(2)26-11)20(28)25-18-15(8-14(21)9-16(18)22)13-6-4-12(5-7-13)10-24-29-3/h4-10H,1-3H3,(H,25,28). The first-order chi connectivity index (χ1) is 13.8. The van der Waals surface area contributed by atoms with E-state index in [2.05, 4.69) is 20.4 Å². The van der Waals surface area contributed by atoms with Crippen LogP contribution in [0.3, 0.4) is 0 Å². The topological polar surface area (TPSA) is 68.5 Å². The number of oxime groups is 1. The van der Waals surface area contributed by atoms with Crippen LogP contribution >= 0.6 is 11.6 Å². The molecule has 0 aliphatic heterocycles. The average Bonchev–Trinajstić information content (AvgIpc) is 2.94. The molecule has 3 aromatic rings. The van der Waals surface area contributed by atoms with Gasteiger partial charge in [0.05, 0.1) is 17.6 Å². The Bertz CT molecular complexity index is 1090. The Morgan fingerprint density at radius 2 is 1.97 bits per heavy atom. The van der Waals surface area contributed by atoms with Gasteiger partial charge in [-0.3, -0.25) is 4.79 Å². The number of rotatable bonds is 5. The minimum absolute atomic E-state index is 0.111. The molecule has 3 rings (SSSR count). The summed E-state index contributed by atoms with van der Waals surface area (Å²) in [6.45, 7) is 1.50. The van der Waals surface area contributed by atoms with Gasteiger partial charge in [0, 0.05) is 17.6 Å². The average molecular weight is 419 g/mol. The summed E-state index contributed by atoms with van der Waals surface area (Å²) < 4.78 is 29.8. The zero-order valence-electron chi connectivity index (χ0n) is 15.8. The fourth-order valence-corrected chi connectivity index (χ4v) is 3.06. The van der Waals surface area contributed by atoms with Crippen LogP contribution in [0.1, 0.15) is 21.6 Å². The third-order valence-electron chi connectivity index (χ3n) is 4.20. The number of halogens is 3. The number of hydrogen-bond donors (Lipinski definition) is 1. The zero-order valence-corrected chi connectivity index (χ0v) is 16.6. The number of aryl methyl sites for hydroxylation is 2. The van der Waals surface area contributed by atoms with Crippen LogP contribution in [0.2, 0.25) is 5.02 Å². The van der Waals surface area contributed by atoms with Gasteiger partial charge in [0.25, 0.3) is 5.91 Å². The third kappa shape index (κ3) is 4.27. The molecule has 0 saturated carbocycles. The van der Waals surface area contributed by atoms with Crippen molar-refractivity contribution in [1.82, 2.24) is 9.78 Å². The lowest BCUT2D eigenvalue weighted by Gasteiger charge is -2.13. The first-order valence-corrected chi connectivity index (χ1v) is 8.86. The summed E-state index contributed by atoms with van der Waals surface area (Å²) in [6.07, 6.45) is 1.51. The van der Waals surface area contributed by atoms with E-state index in [9.17, 15) is 13.6 Å². The Hall–Kier alpha value is -3.26. The van der Waals surface area contributed by atoms with Crippen molar-refractivity contribution in [3.8, 4) is 11.1 Å². The molecule has 1 amide bonds. The molecule has 2 aromatic carbocycles. The molecule has 0 atom stereocenters. The molecular weight excluding hydrogens is 402 g/mol. The Kier molecular flexibility index (Phi) is 5.93. The molecule has 0 spiro atoms. The van der Waals surface area contributed by atoms with Gasteiger partial charge in [0.15, 0.2) is 0 Å². The highest BCUT2D eigenvalue weighted by atomic mass is 35.5. The van der Waals surface area contributed by atoms with Gasteiger partial charge in [-0.2, -0.15) is 9.49 Å². The number of amides is 1. The van der Waals surface area contributed by atoms with Crippen LogP contribution in [0.5, 0.6) is 0 Å². The SMILES string of the molecule is CON=Cc1ccc(-c2cc(Cl)cc(F)c2NC(=O)c2c(C)nn(C)c2F)cc1. The highest BCUT2D eigenvalue weighted by Crippen LogP contribution is 2.34. The van der Waals surface area contributed by atoms with E-state index in [1.165, 1.54) is 33.4 Å². The summed E-state index contributed by atoms with van der Waals surface area (Å²) >= 11 is 6.02. The van der Waals surface area contributed by atoms with Crippen LogP contribution < -0.4 is 5.32 Å². The normalized spacial score (nSPS) is 11.1. The molecule has 1 N–H and O–H groups in total. The molecule has 29 heavy (non-hydrogen) atoms. The number of carbonyl (C=O) groups is 1. The molecule has 6 nitrogen and oxygen atoms in total. The highest BCUT2D eigenvalue weighted by Gasteiger charge is 2.23. The molecule has 0 fully saturated rings. The molecule has 0 unspecified atom stereocenters. The minimum atomic E-state index is -0.808. The lowest BCUT2D eigenvalue weighted by Crippen LogP contribution is -2.16. The quantitative estimate of drug-likeness (QED) is 0.488. The second-order valence-corrected chi connectivity index (χ2v) is 6.61. The second kappa shape index (κ2) is 8.40. The number of aromatic nitrogens is 2. The van der Waals surface area contributed by atoms with Gasteiger partial charge in [-0.1, -0.05) is 41.0 Å². The zero-order chi connectivity index (χ0) is 21.1. The molecule has 150 valence electrons. The van der Waals surface area contributed by atoms with Crippen LogP contribution in [0.25, 0.3) is 11.1 Å². The van der Waals surface area contributed by atoms with Gasteiger partial charge in [-0.15, -0.1) is 0 Å². The van der Waals surface area contributed by atoms with Gasteiger partial charge in [-0.25, -0.2) is 9.07 Å². The van der Waals surface area contributed by atoms with E-state index < -0.39 is 17.7 Å². The number of benzene rings is 2. The molecule has 0 radical (unpaired) electrons. The molecule has 1 aromatic heterocycles. The van der Waals surface area contributed by atoms with Gasteiger partial charge in [-0.05, 0) is 30.2 Å². The summed E-state index contributed by atoms with van der Waals surface area (Å²) in [4.78, 5) is 17.3. The smallest absolute Gasteiger partial charge is 0.262 e. The van der Waals surface area contributed by atoms with Gasteiger partial charge >= 0.3 is 0 Å². The Labute approximate surface area is 170 Å². The summed E-state index contributed by atoms with van der Waals surface area (Å²) in [5.74, 6) is -2.36. The predicted molar refractivity (Wildman–Crippen MR) is 107 cm³/mol. The van der Waals surface area contributed by atoms with Crippen molar-refractivity contribution in [1.29, 1.82) is 0 Å². The van der Waals surface area contributed by atoms with Crippen LogP contribution in [0.15, 0.2) is 41.6 Å². The van der Waals surface area contributed by atoms with E-state index in [0.717, 1.165) is 16.3 Å². The molecule has 9 heteroatoms. The monoisotopic (exact) mass is 418 g/mol. The minimum Gasteiger partial charge on any atom is -0.399 e. The van der Waals surface area contributed by atoms with E-state index in [-0.39, 0.29) is 22.0 Å². The van der Waals surface area contributed by atoms with E-state index in [0.29, 0.717) is 11.1 Å². The summed E-state index contributed by atoms with van der Waals surface area (Å²) in [5.41, 5.74) is 1.54. The summed E-state index contributed by atoms with van der Waals surface area (Å²) in [5, 5.41) is 10.2. The maximum Gasteiger partial charge on any atom is 0.262 e. The van der Waals surface area contributed by atoms with Crippen molar-refractivity contribution in [2.45, 2.75) is 6.92 Å². The molecule has 0 aliphatic carbocycles. The predicted octanol–water partition coefficient (Wildman–Crippen LogP) is 4.56. The number of carbonyl (C=O) groups excluding carboxylic acids is 1. The Morgan fingerprint density at radius 1 is 1.28 bits per heavy atom. The molecule has 0 bridgehead atoms. The number of anilines is 1. The van der Waals surface area contributed by atoms with Crippen molar-refractivity contribution in [2.24, 2.45) is 12.2 Å². The van der Waals surface area contributed by atoms with E-state index >= 15 is 0 Å². The maximum atomic E-state index is 14.7. The van der Waals surface area contributed by atoms with Crippen LogP contribution in [-0.2, 0) is 11.9 Å². The van der Waals surface area contributed by atoms with Crippen LogP contribution in [0.4, 0.5) is 14.5 Å². The molecular formula is C20H17ClF2N4O2. The Balaban J connectivity index is 2.01. The van der Waals surface area contributed by atoms with Crippen LogP contribution in [0, 0.1) is 18.7 Å². The summed E-state index contributed by atoms with van der Waals surface area (Å²) in [7, 11) is 2.81. The summed E-state index contributed by atoms with van der Waals surface area (Å²) in [6, 6.07) is 9.51. The second-order valence-electron chi connectivity index (χ2n) is 6.18. The highest BCUT2D eigenvalue weighted by molar-refractivity contribution is 6.31. The molecule has 0 aliphatic rings. The van der Waals surface area contributed by atoms with Crippen LogP contribution in [-0.4, -0.2) is 29.0 Å². The van der Waals surface area contributed by atoms with Crippen molar-refractivity contribution < 1.29 is 18.4 Å². The van der Waals surface area contributed by atoms with E-state index in [1.807, 2.05) is 0 Å². The van der Waals surface area contributed by atoms with Gasteiger partial charge in [0.2, 0.25) is 5.95 Å². The molecule has 0 saturated heterocycles. The fourth-order valence-electron chi connectivity index (χ4n) is 2.85. The number of nitrogens with one attached hydrogen (secondary N) is 1. The lowest BCUT2D eigenvalue weighted by atomic mass is 10.0.